The molecule has 1 aromatic rings. The van der Waals surface area contributed by atoms with E-state index in [1.165, 1.54) is 4.31 Å². The fraction of sp³-hybridized carbons (Fsp3) is 0.562. The van der Waals surface area contributed by atoms with Gasteiger partial charge >= 0.3 is 0 Å². The van der Waals surface area contributed by atoms with Crippen molar-refractivity contribution in [1.29, 1.82) is 0 Å². The van der Waals surface area contributed by atoms with Gasteiger partial charge in [-0.15, -0.1) is 0 Å². The van der Waals surface area contributed by atoms with Crippen LogP contribution in [0.15, 0.2) is 29.2 Å². The number of nitrogens with one attached hydrogen (secondary N) is 1. The predicted octanol–water partition coefficient (Wildman–Crippen LogP) is 2.31. The first-order chi connectivity index (χ1) is 10.4. The van der Waals surface area contributed by atoms with Crippen LogP contribution in [0.2, 0.25) is 0 Å². The van der Waals surface area contributed by atoms with Gasteiger partial charge in [-0.05, 0) is 38.8 Å². The summed E-state index contributed by atoms with van der Waals surface area (Å²) in [5.41, 5.74) is 1.03. The molecule has 1 amide bonds. The largest absolute Gasteiger partial charge is 0.356 e. The number of aryl methyl sites for hydroxylation is 1. The highest BCUT2D eigenvalue weighted by Gasteiger charge is 2.19. The average Bonchev–Trinajstić information content (AvgIpc) is 2.47. The van der Waals surface area contributed by atoms with Crippen LogP contribution in [0, 0.1) is 6.92 Å². The monoisotopic (exact) mass is 326 g/mol. The molecule has 0 aliphatic carbocycles. The van der Waals surface area contributed by atoms with Crippen LogP contribution >= 0.6 is 0 Å². The molecule has 0 unspecified atom stereocenters. The van der Waals surface area contributed by atoms with Crippen molar-refractivity contribution >= 4 is 15.9 Å². The number of sulfonamides is 1. The summed E-state index contributed by atoms with van der Waals surface area (Å²) in [6.45, 7) is 4.93. The molecule has 0 spiro atoms. The number of carbonyl (C=O) groups excluding carboxylic acids is 1. The average molecular weight is 326 g/mol. The Morgan fingerprint density at radius 1 is 1.14 bits per heavy atom. The zero-order valence-corrected chi connectivity index (χ0v) is 14.4. The van der Waals surface area contributed by atoms with E-state index in [2.05, 4.69) is 5.32 Å². The van der Waals surface area contributed by atoms with Crippen molar-refractivity contribution in [1.82, 2.24) is 9.62 Å². The molecule has 1 rings (SSSR count). The van der Waals surface area contributed by atoms with Gasteiger partial charge in [-0.3, -0.25) is 4.79 Å². The molecule has 0 fully saturated rings. The van der Waals surface area contributed by atoms with Crippen LogP contribution in [0.3, 0.4) is 0 Å². The van der Waals surface area contributed by atoms with Gasteiger partial charge in [-0.2, -0.15) is 0 Å². The maximum absolute atomic E-state index is 12.4. The summed E-state index contributed by atoms with van der Waals surface area (Å²) in [6.07, 6.45) is 2.87. The molecule has 0 aliphatic rings. The van der Waals surface area contributed by atoms with Crippen molar-refractivity contribution in [2.45, 2.75) is 44.4 Å². The topological polar surface area (TPSA) is 66.5 Å². The van der Waals surface area contributed by atoms with Crippen molar-refractivity contribution in [3.05, 3.63) is 29.8 Å². The van der Waals surface area contributed by atoms with E-state index in [9.17, 15) is 13.2 Å². The van der Waals surface area contributed by atoms with Crippen LogP contribution in [-0.2, 0) is 14.8 Å². The van der Waals surface area contributed by atoms with Gasteiger partial charge in [0.05, 0.1) is 4.90 Å². The van der Waals surface area contributed by atoms with Gasteiger partial charge in [0.2, 0.25) is 15.9 Å². The molecular formula is C16H26N2O3S. The highest BCUT2D eigenvalue weighted by atomic mass is 32.2. The summed E-state index contributed by atoms with van der Waals surface area (Å²) in [5, 5.41) is 2.75. The molecule has 1 aromatic carbocycles. The van der Waals surface area contributed by atoms with E-state index in [0.29, 0.717) is 24.4 Å². The van der Waals surface area contributed by atoms with Crippen molar-refractivity contribution in [2.75, 3.05) is 20.1 Å². The van der Waals surface area contributed by atoms with Gasteiger partial charge in [-0.25, -0.2) is 12.7 Å². The van der Waals surface area contributed by atoms with E-state index in [-0.39, 0.29) is 5.91 Å². The van der Waals surface area contributed by atoms with Crippen LogP contribution in [0.25, 0.3) is 0 Å². The molecule has 0 atom stereocenters. The fourth-order valence-electron chi connectivity index (χ4n) is 2.09. The molecular weight excluding hydrogens is 300 g/mol. The standard InChI is InChI=1S/C16H26N2O3S/c1-4-17-16(19)8-6-5-7-13-18(3)22(20,21)15-11-9-14(2)10-12-15/h9-12H,4-8,13H2,1-3H3,(H,17,19). The molecule has 0 aliphatic heterocycles. The fourth-order valence-corrected chi connectivity index (χ4v) is 3.30. The maximum atomic E-state index is 12.4. The molecule has 0 radical (unpaired) electrons. The highest BCUT2D eigenvalue weighted by Crippen LogP contribution is 2.15. The second kappa shape index (κ2) is 8.90. The summed E-state index contributed by atoms with van der Waals surface area (Å²) in [6, 6.07) is 6.87. The smallest absolute Gasteiger partial charge is 0.242 e. The van der Waals surface area contributed by atoms with Gasteiger partial charge in [0.25, 0.3) is 0 Å². The summed E-state index contributed by atoms with van der Waals surface area (Å²) in [5.74, 6) is 0.0585. The SMILES string of the molecule is CCNC(=O)CCCCCN(C)S(=O)(=O)c1ccc(C)cc1. The van der Waals surface area contributed by atoms with Gasteiger partial charge in [0.1, 0.15) is 0 Å². The van der Waals surface area contributed by atoms with Crippen molar-refractivity contribution in [3.63, 3.8) is 0 Å². The molecule has 0 bridgehead atoms. The Bertz CT molecular complexity index is 568. The second-order valence-corrected chi connectivity index (χ2v) is 7.45. The van der Waals surface area contributed by atoms with Gasteiger partial charge in [-0.1, -0.05) is 24.1 Å². The van der Waals surface area contributed by atoms with E-state index >= 15 is 0 Å². The summed E-state index contributed by atoms with van der Waals surface area (Å²) >= 11 is 0. The molecule has 1 N–H and O–H groups in total. The number of nitrogens with zero attached hydrogens (tertiary/aromatic N) is 1. The number of unbranched alkanes of at least 4 members (excludes halogenated alkanes) is 2. The van der Waals surface area contributed by atoms with E-state index in [1.54, 1.807) is 31.3 Å². The molecule has 0 saturated carbocycles. The van der Waals surface area contributed by atoms with E-state index in [0.717, 1.165) is 24.8 Å². The number of benzene rings is 1. The minimum Gasteiger partial charge on any atom is -0.356 e. The minimum atomic E-state index is -3.41. The Labute approximate surface area is 133 Å². The lowest BCUT2D eigenvalue weighted by Gasteiger charge is -2.17. The number of hydrogen-bond acceptors (Lipinski definition) is 3. The Hall–Kier alpha value is -1.40. The first-order valence-electron chi connectivity index (χ1n) is 7.67. The lowest BCUT2D eigenvalue weighted by atomic mass is 10.2. The molecule has 0 heterocycles. The van der Waals surface area contributed by atoms with Crippen molar-refractivity contribution in [2.24, 2.45) is 0 Å². The summed E-state index contributed by atoms with van der Waals surface area (Å²) in [4.78, 5) is 11.6. The van der Waals surface area contributed by atoms with Crippen LogP contribution < -0.4 is 5.32 Å². The summed E-state index contributed by atoms with van der Waals surface area (Å²) < 4.78 is 26.1. The first-order valence-corrected chi connectivity index (χ1v) is 9.11. The Morgan fingerprint density at radius 2 is 1.77 bits per heavy atom. The van der Waals surface area contributed by atoms with Crippen LogP contribution in [0.1, 0.15) is 38.2 Å². The molecule has 5 nitrogen and oxygen atoms in total. The Balaban J connectivity index is 2.40. The van der Waals surface area contributed by atoms with E-state index in [1.807, 2.05) is 13.8 Å². The highest BCUT2D eigenvalue weighted by molar-refractivity contribution is 7.89. The molecule has 0 saturated heterocycles. The normalized spacial score (nSPS) is 11.6. The summed E-state index contributed by atoms with van der Waals surface area (Å²) in [7, 11) is -1.82. The van der Waals surface area contributed by atoms with Crippen LogP contribution in [-0.4, -0.2) is 38.8 Å². The van der Waals surface area contributed by atoms with Crippen LogP contribution in [0.5, 0.6) is 0 Å². The molecule has 0 aromatic heterocycles. The number of amides is 1. The van der Waals surface area contributed by atoms with Gasteiger partial charge in [0, 0.05) is 26.6 Å². The Morgan fingerprint density at radius 3 is 2.36 bits per heavy atom. The number of rotatable bonds is 9. The first kappa shape index (κ1) is 18.6. The molecule has 124 valence electrons. The van der Waals surface area contributed by atoms with Crippen molar-refractivity contribution < 1.29 is 13.2 Å². The maximum Gasteiger partial charge on any atom is 0.242 e. The third-order valence-corrected chi connectivity index (χ3v) is 5.35. The third-order valence-electron chi connectivity index (χ3n) is 3.48. The minimum absolute atomic E-state index is 0.0585. The number of hydrogen-bond donors (Lipinski definition) is 1. The lowest BCUT2D eigenvalue weighted by molar-refractivity contribution is -0.121. The van der Waals surface area contributed by atoms with Gasteiger partial charge < -0.3 is 5.32 Å². The van der Waals surface area contributed by atoms with Crippen molar-refractivity contribution in [3.8, 4) is 0 Å². The van der Waals surface area contributed by atoms with Gasteiger partial charge in [0.15, 0.2) is 0 Å². The number of carbonyl (C=O) groups is 1. The quantitative estimate of drug-likeness (QED) is 0.708. The van der Waals surface area contributed by atoms with E-state index < -0.39 is 10.0 Å². The van der Waals surface area contributed by atoms with Crippen LogP contribution in [0.4, 0.5) is 0 Å². The van der Waals surface area contributed by atoms with E-state index in [4.69, 9.17) is 0 Å². The lowest BCUT2D eigenvalue weighted by Crippen LogP contribution is -2.28. The predicted molar refractivity (Wildman–Crippen MR) is 88.1 cm³/mol. The second-order valence-electron chi connectivity index (χ2n) is 5.40. The third kappa shape index (κ3) is 5.77. The zero-order valence-electron chi connectivity index (χ0n) is 13.6. The Kier molecular flexibility index (Phi) is 7.55. The molecule has 6 heteroatoms. The molecule has 22 heavy (non-hydrogen) atoms. The zero-order chi connectivity index (χ0) is 16.6.